The normalized spacial score (nSPS) is 18.6. The number of carbonyl (C=O) groups excluding carboxylic acids is 2. The second-order valence-electron chi connectivity index (χ2n) is 5.32. The zero-order valence-corrected chi connectivity index (χ0v) is 12.6. The van der Waals surface area contributed by atoms with Gasteiger partial charge in [0.15, 0.2) is 0 Å². The Morgan fingerprint density at radius 2 is 2.05 bits per heavy atom. The summed E-state index contributed by atoms with van der Waals surface area (Å²) in [7, 11) is 0. The molecule has 1 saturated heterocycles. The van der Waals surface area contributed by atoms with Gasteiger partial charge in [-0.15, -0.1) is 12.4 Å². The molecule has 19 heavy (non-hydrogen) atoms. The van der Waals surface area contributed by atoms with E-state index in [-0.39, 0.29) is 36.8 Å². The molecule has 0 aromatic carbocycles. The highest BCUT2D eigenvalue weighted by Gasteiger charge is 2.15. The maximum absolute atomic E-state index is 11.6. The molecule has 0 aromatic heterocycles. The number of amides is 2. The fourth-order valence-electron chi connectivity index (χ4n) is 1.94. The first-order chi connectivity index (χ1) is 8.58. The van der Waals surface area contributed by atoms with E-state index in [1.807, 2.05) is 0 Å². The summed E-state index contributed by atoms with van der Waals surface area (Å²) in [5.41, 5.74) is 0. The lowest BCUT2D eigenvalue weighted by atomic mass is 10.1. The van der Waals surface area contributed by atoms with Crippen LogP contribution in [0.1, 0.15) is 39.5 Å². The monoisotopic (exact) mass is 291 g/mol. The van der Waals surface area contributed by atoms with Crippen molar-refractivity contribution in [2.75, 3.05) is 19.6 Å². The maximum Gasteiger partial charge on any atom is 0.239 e. The topological polar surface area (TPSA) is 70.2 Å². The van der Waals surface area contributed by atoms with E-state index in [1.165, 1.54) is 0 Å². The number of rotatable bonds is 6. The second-order valence-corrected chi connectivity index (χ2v) is 5.32. The number of carbonyl (C=O) groups is 2. The molecule has 1 aliphatic heterocycles. The van der Waals surface area contributed by atoms with Gasteiger partial charge in [0.2, 0.25) is 11.8 Å². The number of halogens is 1. The molecule has 0 bridgehead atoms. The molecule has 1 rings (SSSR count). The third-order valence-corrected chi connectivity index (χ3v) is 3.06. The summed E-state index contributed by atoms with van der Waals surface area (Å²) in [5.74, 6) is 0.375. The van der Waals surface area contributed by atoms with Gasteiger partial charge in [0, 0.05) is 19.0 Å². The number of hydrogen-bond donors (Lipinski definition) is 3. The zero-order chi connectivity index (χ0) is 13.4. The van der Waals surface area contributed by atoms with Crippen LogP contribution in [-0.2, 0) is 9.59 Å². The third kappa shape index (κ3) is 8.83. The van der Waals surface area contributed by atoms with Gasteiger partial charge in [-0.3, -0.25) is 9.59 Å². The van der Waals surface area contributed by atoms with E-state index in [2.05, 4.69) is 29.8 Å². The Hall–Kier alpha value is -0.810. The second kappa shape index (κ2) is 10.0. The Balaban J connectivity index is 0.00000324. The predicted molar refractivity (Wildman–Crippen MR) is 78.4 cm³/mol. The fourth-order valence-corrected chi connectivity index (χ4v) is 1.94. The molecular weight excluding hydrogens is 266 g/mol. The smallest absolute Gasteiger partial charge is 0.239 e. The van der Waals surface area contributed by atoms with E-state index in [4.69, 9.17) is 0 Å². The van der Waals surface area contributed by atoms with Crippen molar-refractivity contribution in [3.63, 3.8) is 0 Å². The van der Waals surface area contributed by atoms with Gasteiger partial charge in [-0.25, -0.2) is 0 Å². The van der Waals surface area contributed by atoms with Crippen LogP contribution in [-0.4, -0.2) is 37.5 Å². The lowest BCUT2D eigenvalue weighted by Gasteiger charge is -2.23. The van der Waals surface area contributed by atoms with Crippen LogP contribution >= 0.6 is 12.4 Å². The Morgan fingerprint density at radius 3 is 2.63 bits per heavy atom. The average Bonchev–Trinajstić information content (AvgIpc) is 2.35. The molecule has 0 aromatic rings. The van der Waals surface area contributed by atoms with Gasteiger partial charge >= 0.3 is 0 Å². The highest BCUT2D eigenvalue weighted by molar-refractivity contribution is 5.85. The lowest BCUT2D eigenvalue weighted by molar-refractivity contribution is -0.126. The van der Waals surface area contributed by atoms with Crippen molar-refractivity contribution in [2.45, 2.75) is 45.6 Å². The van der Waals surface area contributed by atoms with Crippen molar-refractivity contribution < 1.29 is 9.59 Å². The van der Waals surface area contributed by atoms with Crippen molar-refractivity contribution >= 4 is 24.2 Å². The molecule has 1 unspecified atom stereocenters. The van der Waals surface area contributed by atoms with E-state index in [9.17, 15) is 9.59 Å². The maximum atomic E-state index is 11.6. The van der Waals surface area contributed by atoms with Gasteiger partial charge < -0.3 is 16.0 Å². The number of piperidine rings is 1. The number of hydrogen-bond acceptors (Lipinski definition) is 3. The van der Waals surface area contributed by atoms with Crippen LogP contribution in [0, 0.1) is 5.92 Å². The molecule has 1 aliphatic rings. The van der Waals surface area contributed by atoms with Gasteiger partial charge in [0.1, 0.15) is 0 Å². The molecule has 0 radical (unpaired) electrons. The molecule has 3 N–H and O–H groups in total. The van der Waals surface area contributed by atoms with Crippen molar-refractivity contribution in [3.05, 3.63) is 0 Å². The van der Waals surface area contributed by atoms with Crippen LogP contribution in [0.15, 0.2) is 0 Å². The van der Waals surface area contributed by atoms with Crippen LogP contribution in [0.3, 0.4) is 0 Å². The molecular formula is C13H26ClN3O2. The Bertz CT molecular complexity index is 279. The Kier molecular flexibility index (Phi) is 9.61. The Labute approximate surface area is 121 Å². The van der Waals surface area contributed by atoms with Crippen LogP contribution in [0.5, 0.6) is 0 Å². The van der Waals surface area contributed by atoms with Gasteiger partial charge in [-0.1, -0.05) is 13.8 Å². The molecule has 0 spiro atoms. The summed E-state index contributed by atoms with van der Waals surface area (Å²) >= 11 is 0. The first-order valence-electron chi connectivity index (χ1n) is 6.84. The highest BCUT2D eigenvalue weighted by Crippen LogP contribution is 2.03. The zero-order valence-electron chi connectivity index (χ0n) is 11.8. The summed E-state index contributed by atoms with van der Waals surface area (Å²) in [6, 6.07) is 0.207. The molecule has 1 heterocycles. The SMILES string of the molecule is CC(C)CCC(=O)NCC(=O)NC1CCCNC1.Cl. The van der Waals surface area contributed by atoms with E-state index in [0.717, 1.165) is 32.4 Å². The van der Waals surface area contributed by atoms with Gasteiger partial charge in [0.25, 0.3) is 0 Å². The lowest BCUT2D eigenvalue weighted by Crippen LogP contribution is -2.48. The molecule has 6 heteroatoms. The standard InChI is InChI=1S/C13H25N3O2.ClH/c1-10(2)5-6-12(17)15-9-13(18)16-11-4-3-7-14-8-11;/h10-11,14H,3-9H2,1-2H3,(H,15,17)(H,16,18);1H. The molecule has 112 valence electrons. The summed E-state index contributed by atoms with van der Waals surface area (Å²) in [5, 5.41) is 8.81. The first-order valence-corrected chi connectivity index (χ1v) is 6.84. The summed E-state index contributed by atoms with van der Waals surface area (Å²) in [6.45, 7) is 6.10. The summed E-state index contributed by atoms with van der Waals surface area (Å²) in [6.07, 6.45) is 3.46. The van der Waals surface area contributed by atoms with Crippen molar-refractivity contribution in [1.82, 2.24) is 16.0 Å². The predicted octanol–water partition coefficient (Wildman–Crippen LogP) is 0.829. The number of nitrogens with one attached hydrogen (secondary N) is 3. The highest BCUT2D eigenvalue weighted by atomic mass is 35.5. The van der Waals surface area contributed by atoms with E-state index < -0.39 is 0 Å². The van der Waals surface area contributed by atoms with Crippen LogP contribution in [0.25, 0.3) is 0 Å². The van der Waals surface area contributed by atoms with E-state index in [0.29, 0.717) is 12.3 Å². The largest absolute Gasteiger partial charge is 0.351 e. The molecule has 1 atom stereocenters. The van der Waals surface area contributed by atoms with Crippen LogP contribution < -0.4 is 16.0 Å². The third-order valence-electron chi connectivity index (χ3n) is 3.06. The minimum Gasteiger partial charge on any atom is -0.351 e. The summed E-state index contributed by atoms with van der Waals surface area (Å²) < 4.78 is 0. The molecule has 0 aliphatic carbocycles. The molecule has 5 nitrogen and oxygen atoms in total. The molecule has 1 fully saturated rings. The minimum absolute atomic E-state index is 0. The van der Waals surface area contributed by atoms with Crippen molar-refractivity contribution in [1.29, 1.82) is 0 Å². The quantitative estimate of drug-likeness (QED) is 0.679. The minimum atomic E-state index is -0.0957. The molecule has 0 saturated carbocycles. The van der Waals surface area contributed by atoms with Crippen molar-refractivity contribution in [3.8, 4) is 0 Å². The Morgan fingerprint density at radius 1 is 1.32 bits per heavy atom. The molecule has 2 amide bonds. The van der Waals surface area contributed by atoms with E-state index in [1.54, 1.807) is 0 Å². The van der Waals surface area contributed by atoms with Gasteiger partial charge in [-0.05, 0) is 31.7 Å². The average molecular weight is 292 g/mol. The van der Waals surface area contributed by atoms with Gasteiger partial charge in [0.05, 0.1) is 6.54 Å². The van der Waals surface area contributed by atoms with Crippen LogP contribution in [0.4, 0.5) is 0 Å². The summed E-state index contributed by atoms with van der Waals surface area (Å²) in [4.78, 5) is 23.0. The first kappa shape index (κ1) is 18.2. The van der Waals surface area contributed by atoms with Crippen molar-refractivity contribution in [2.24, 2.45) is 5.92 Å². The van der Waals surface area contributed by atoms with Gasteiger partial charge in [-0.2, -0.15) is 0 Å². The van der Waals surface area contributed by atoms with Crippen LogP contribution in [0.2, 0.25) is 0 Å². The van der Waals surface area contributed by atoms with E-state index >= 15 is 0 Å². The fraction of sp³-hybridized carbons (Fsp3) is 0.846.